The molecule has 1 saturated heterocycles. The number of piperidine rings is 1. The van der Waals surface area contributed by atoms with Crippen LogP contribution in [0.25, 0.3) is 10.2 Å². The Morgan fingerprint density at radius 2 is 2.11 bits per heavy atom. The van der Waals surface area contributed by atoms with Crippen molar-refractivity contribution in [3.8, 4) is 0 Å². The van der Waals surface area contributed by atoms with Gasteiger partial charge in [-0.25, -0.2) is 9.78 Å². The lowest BCUT2D eigenvalue weighted by atomic mass is 10.1. The van der Waals surface area contributed by atoms with E-state index in [0.29, 0.717) is 31.1 Å². The molecule has 0 atom stereocenters. The molecule has 1 aliphatic rings. The molecule has 2 aromatic rings. The highest BCUT2D eigenvalue weighted by atomic mass is 32.1. The highest BCUT2D eigenvalue weighted by Crippen LogP contribution is 2.25. The van der Waals surface area contributed by atoms with Gasteiger partial charge < -0.3 is 10.0 Å². The van der Waals surface area contributed by atoms with Gasteiger partial charge in [0.1, 0.15) is 0 Å². The number of para-hydroxylation sites is 1. The van der Waals surface area contributed by atoms with Crippen molar-refractivity contribution in [1.29, 1.82) is 0 Å². The van der Waals surface area contributed by atoms with Gasteiger partial charge in [-0.1, -0.05) is 23.5 Å². The zero-order chi connectivity index (χ0) is 13.2. The van der Waals surface area contributed by atoms with Crippen LogP contribution in [-0.2, 0) is 0 Å². The topological polar surface area (TPSA) is 65.5 Å². The highest BCUT2D eigenvalue weighted by Gasteiger charge is 2.21. The van der Waals surface area contributed by atoms with Crippen LogP contribution in [0.2, 0.25) is 0 Å². The van der Waals surface area contributed by atoms with Gasteiger partial charge in [0, 0.05) is 13.1 Å². The number of aliphatic hydroxyl groups is 1. The zero-order valence-electron chi connectivity index (χ0n) is 10.4. The molecule has 100 valence electrons. The number of nitrogens with zero attached hydrogens (tertiary/aromatic N) is 2. The second-order valence-electron chi connectivity index (χ2n) is 4.64. The third-order valence-corrected chi connectivity index (χ3v) is 4.21. The first-order valence-corrected chi connectivity index (χ1v) is 7.13. The molecule has 2 heterocycles. The number of thiazole rings is 1. The van der Waals surface area contributed by atoms with E-state index in [9.17, 15) is 9.90 Å². The zero-order valence-corrected chi connectivity index (χ0v) is 11.2. The minimum atomic E-state index is -0.272. The summed E-state index contributed by atoms with van der Waals surface area (Å²) in [6.45, 7) is 1.19. The van der Waals surface area contributed by atoms with E-state index in [0.717, 1.165) is 10.2 Å². The molecule has 19 heavy (non-hydrogen) atoms. The fourth-order valence-corrected chi connectivity index (χ4v) is 3.02. The maximum atomic E-state index is 12.1. The number of aliphatic hydroxyl groups excluding tert-OH is 1. The minimum Gasteiger partial charge on any atom is -0.393 e. The molecule has 0 aliphatic carbocycles. The fraction of sp³-hybridized carbons (Fsp3) is 0.385. The van der Waals surface area contributed by atoms with E-state index in [1.165, 1.54) is 11.3 Å². The Bertz CT molecular complexity index is 557. The van der Waals surface area contributed by atoms with E-state index in [1.54, 1.807) is 4.90 Å². The standard InChI is InChI=1S/C13H15N3O2S/c17-9-5-7-16(8-6-9)13(18)15-12-14-10-3-1-2-4-11(10)19-12/h1-4,9,17H,5-8H2,(H,14,15,18). The number of aromatic nitrogens is 1. The van der Waals surface area contributed by atoms with Gasteiger partial charge in [-0.3, -0.25) is 5.32 Å². The van der Waals surface area contributed by atoms with Crippen LogP contribution in [-0.4, -0.2) is 40.2 Å². The molecule has 6 heteroatoms. The van der Waals surface area contributed by atoms with E-state index >= 15 is 0 Å². The van der Waals surface area contributed by atoms with Crippen molar-refractivity contribution < 1.29 is 9.90 Å². The lowest BCUT2D eigenvalue weighted by molar-refractivity contribution is 0.0972. The molecule has 0 unspecified atom stereocenters. The summed E-state index contributed by atoms with van der Waals surface area (Å²) < 4.78 is 1.06. The van der Waals surface area contributed by atoms with Gasteiger partial charge in [0.05, 0.1) is 16.3 Å². The van der Waals surface area contributed by atoms with E-state index in [-0.39, 0.29) is 12.1 Å². The van der Waals surface area contributed by atoms with Crippen LogP contribution in [0, 0.1) is 0 Å². The number of carbonyl (C=O) groups excluding carboxylic acids is 1. The first-order valence-electron chi connectivity index (χ1n) is 6.32. The summed E-state index contributed by atoms with van der Waals surface area (Å²) in [5.41, 5.74) is 0.900. The van der Waals surface area contributed by atoms with Crippen molar-refractivity contribution in [2.75, 3.05) is 18.4 Å². The van der Waals surface area contributed by atoms with Crippen LogP contribution < -0.4 is 5.32 Å². The molecular formula is C13H15N3O2S. The van der Waals surface area contributed by atoms with Gasteiger partial charge in [-0.15, -0.1) is 0 Å². The quantitative estimate of drug-likeness (QED) is 0.840. The van der Waals surface area contributed by atoms with E-state index in [1.807, 2.05) is 24.3 Å². The number of hydrogen-bond donors (Lipinski definition) is 2. The van der Waals surface area contributed by atoms with Crippen LogP contribution in [0.15, 0.2) is 24.3 Å². The number of urea groups is 1. The molecule has 1 aromatic carbocycles. The molecule has 0 spiro atoms. The summed E-state index contributed by atoms with van der Waals surface area (Å²) >= 11 is 1.47. The third kappa shape index (κ3) is 2.69. The summed E-state index contributed by atoms with van der Waals surface area (Å²) in [5, 5.41) is 12.9. The Labute approximate surface area is 114 Å². The molecule has 2 N–H and O–H groups in total. The second-order valence-corrected chi connectivity index (χ2v) is 5.67. The van der Waals surface area contributed by atoms with E-state index in [2.05, 4.69) is 10.3 Å². The molecule has 2 amide bonds. The molecule has 3 rings (SSSR count). The Kier molecular flexibility index (Phi) is 3.35. The van der Waals surface area contributed by atoms with Crippen LogP contribution in [0.4, 0.5) is 9.93 Å². The molecule has 1 aromatic heterocycles. The number of nitrogens with one attached hydrogen (secondary N) is 1. The van der Waals surface area contributed by atoms with Gasteiger partial charge >= 0.3 is 6.03 Å². The van der Waals surface area contributed by atoms with Crippen LogP contribution in [0.3, 0.4) is 0 Å². The second kappa shape index (κ2) is 5.14. The van der Waals surface area contributed by atoms with Crippen molar-refractivity contribution >= 4 is 32.7 Å². The van der Waals surface area contributed by atoms with E-state index < -0.39 is 0 Å². The number of carbonyl (C=O) groups is 1. The summed E-state index contributed by atoms with van der Waals surface area (Å²) in [6.07, 6.45) is 1.02. The smallest absolute Gasteiger partial charge is 0.323 e. The maximum Gasteiger partial charge on any atom is 0.323 e. The molecule has 1 aliphatic heterocycles. The van der Waals surface area contributed by atoms with Gasteiger partial charge in [0.25, 0.3) is 0 Å². The fourth-order valence-electron chi connectivity index (χ4n) is 2.17. The molecule has 0 radical (unpaired) electrons. The van der Waals surface area contributed by atoms with Crippen molar-refractivity contribution in [2.24, 2.45) is 0 Å². The van der Waals surface area contributed by atoms with Crippen molar-refractivity contribution in [3.63, 3.8) is 0 Å². The number of benzene rings is 1. The lowest BCUT2D eigenvalue weighted by Crippen LogP contribution is -2.42. The number of anilines is 1. The first-order chi connectivity index (χ1) is 9.22. The molecule has 5 nitrogen and oxygen atoms in total. The average Bonchev–Trinajstić information content (AvgIpc) is 2.81. The Hall–Kier alpha value is -1.66. The van der Waals surface area contributed by atoms with Gasteiger partial charge in [-0.05, 0) is 25.0 Å². The summed E-state index contributed by atoms with van der Waals surface area (Å²) in [7, 11) is 0. The normalized spacial score (nSPS) is 16.8. The third-order valence-electron chi connectivity index (χ3n) is 3.26. The van der Waals surface area contributed by atoms with Crippen LogP contribution in [0.5, 0.6) is 0 Å². The van der Waals surface area contributed by atoms with Crippen LogP contribution >= 0.6 is 11.3 Å². The summed E-state index contributed by atoms with van der Waals surface area (Å²) in [4.78, 5) is 18.1. The summed E-state index contributed by atoms with van der Waals surface area (Å²) in [6, 6.07) is 7.67. The maximum absolute atomic E-state index is 12.1. The summed E-state index contributed by atoms with van der Waals surface area (Å²) in [5.74, 6) is 0. The predicted molar refractivity (Wildman–Crippen MR) is 75.5 cm³/mol. The SMILES string of the molecule is O=C(Nc1nc2ccccc2s1)N1CCC(O)CC1. The Morgan fingerprint density at radius 1 is 1.37 bits per heavy atom. The monoisotopic (exact) mass is 277 g/mol. The molecule has 0 saturated carbocycles. The predicted octanol–water partition coefficient (Wildman–Crippen LogP) is 2.28. The van der Waals surface area contributed by atoms with Crippen molar-refractivity contribution in [3.05, 3.63) is 24.3 Å². The van der Waals surface area contributed by atoms with Crippen molar-refractivity contribution in [2.45, 2.75) is 18.9 Å². The van der Waals surface area contributed by atoms with Crippen molar-refractivity contribution in [1.82, 2.24) is 9.88 Å². The average molecular weight is 277 g/mol. The minimum absolute atomic E-state index is 0.133. The highest BCUT2D eigenvalue weighted by molar-refractivity contribution is 7.22. The van der Waals surface area contributed by atoms with E-state index in [4.69, 9.17) is 0 Å². The largest absolute Gasteiger partial charge is 0.393 e. The number of hydrogen-bond acceptors (Lipinski definition) is 4. The molecule has 1 fully saturated rings. The van der Waals surface area contributed by atoms with Gasteiger partial charge in [0.2, 0.25) is 0 Å². The lowest BCUT2D eigenvalue weighted by Gasteiger charge is -2.29. The first kappa shape index (κ1) is 12.4. The number of amides is 2. The van der Waals surface area contributed by atoms with Gasteiger partial charge in [-0.2, -0.15) is 0 Å². The van der Waals surface area contributed by atoms with Crippen LogP contribution in [0.1, 0.15) is 12.8 Å². The number of fused-ring (bicyclic) bond motifs is 1. The number of rotatable bonds is 1. The molecule has 0 bridgehead atoms. The Morgan fingerprint density at radius 3 is 2.84 bits per heavy atom. The van der Waals surface area contributed by atoms with Gasteiger partial charge in [0.15, 0.2) is 5.13 Å². The Balaban J connectivity index is 1.68. The molecular weight excluding hydrogens is 262 g/mol. The number of likely N-dealkylation sites (tertiary alicyclic amines) is 1.